The Morgan fingerprint density at radius 1 is 0.246 bits per heavy atom. The second-order valence-electron chi connectivity index (χ2n) is 18.0. The minimum absolute atomic E-state index is 1.16. The van der Waals surface area contributed by atoms with Crippen molar-refractivity contribution in [3.63, 3.8) is 0 Å². The summed E-state index contributed by atoms with van der Waals surface area (Å²) in [5.41, 5.74) is 14.2. The van der Waals surface area contributed by atoms with Crippen molar-refractivity contribution in [1.29, 1.82) is 0 Å². The third-order valence-corrected chi connectivity index (χ3v) is 19.0. The Morgan fingerprint density at radius 3 is 1.23 bits per heavy atom. The molecule has 0 aliphatic carbocycles. The molecule has 0 aliphatic heterocycles. The molecule has 0 amide bonds. The van der Waals surface area contributed by atoms with E-state index in [2.05, 4.69) is 288 Å². The minimum Gasteiger partial charge on any atom is -0.309 e. The van der Waals surface area contributed by atoms with Gasteiger partial charge in [-0.1, -0.05) is 237 Å². The van der Waals surface area contributed by atoms with Gasteiger partial charge in [-0.25, -0.2) is 0 Å². The molecule has 2 nitrogen and oxygen atoms in total. The van der Waals surface area contributed by atoms with Crippen LogP contribution in [-0.2, 0) is 0 Å². The lowest BCUT2D eigenvalue weighted by Crippen LogP contribution is -2.74. The summed E-state index contributed by atoms with van der Waals surface area (Å²) in [7, 11) is -2.97. The van der Waals surface area contributed by atoms with E-state index in [1.807, 2.05) is 0 Å². The van der Waals surface area contributed by atoms with E-state index < -0.39 is 8.07 Å². The van der Waals surface area contributed by atoms with Gasteiger partial charge in [-0.2, -0.15) is 0 Å². The highest BCUT2D eigenvalue weighted by molar-refractivity contribution is 7.20. The number of nitrogens with zero attached hydrogens (tertiary/aromatic N) is 2. The molecule has 11 aromatic carbocycles. The summed E-state index contributed by atoms with van der Waals surface area (Å²) in [6.07, 6.45) is 0. The quantitative estimate of drug-likeness (QED) is 0.101. The Balaban J connectivity index is 1.14. The Hall–Kier alpha value is -8.76. The van der Waals surface area contributed by atoms with E-state index in [0.717, 1.165) is 11.4 Å². The molecule has 324 valence electrons. The van der Waals surface area contributed by atoms with Crippen LogP contribution in [0.15, 0.2) is 279 Å². The fraction of sp³-hybridized carbons (Fsp3) is 0. The van der Waals surface area contributed by atoms with Crippen molar-refractivity contribution in [3.05, 3.63) is 279 Å². The van der Waals surface area contributed by atoms with Crippen LogP contribution in [0.3, 0.4) is 0 Å². The summed E-state index contributed by atoms with van der Waals surface area (Å²) in [4.78, 5) is 0. The molecule has 0 fully saturated rings. The molecule has 2 heterocycles. The first-order chi connectivity index (χ1) is 34.3. The molecule has 0 saturated carbocycles. The summed E-state index contributed by atoms with van der Waals surface area (Å²) in [5.74, 6) is 0. The number of fused-ring (bicyclic) bond motifs is 6. The van der Waals surface area contributed by atoms with E-state index >= 15 is 0 Å². The standard InChI is InChI=1S/C66H46N2Si/c1-7-24-47(25-8-1)58-45-54(69(51-30-13-4-14-31-51,52-32-15-5-16-33-52)53-34-17-6-18-35-53)46-59(48-26-9-2-10-27-48)66(58)68-62-40-22-20-37-57(62)65-55(38-23-41-64(65)68)49-42-43-63-60(44-49)56-36-19-21-39-61(56)67(63)50-28-11-3-12-29-50/h1-46H. The highest BCUT2D eigenvalue weighted by atomic mass is 28.3. The molecule has 13 rings (SSSR count). The molecule has 0 unspecified atom stereocenters. The Bertz CT molecular complexity index is 3820. The van der Waals surface area contributed by atoms with Crippen LogP contribution in [0.25, 0.3) is 88.4 Å². The number of rotatable bonds is 9. The van der Waals surface area contributed by atoms with Crippen molar-refractivity contribution in [2.24, 2.45) is 0 Å². The fourth-order valence-corrected chi connectivity index (χ4v) is 16.1. The van der Waals surface area contributed by atoms with Gasteiger partial charge < -0.3 is 9.13 Å². The molecule has 3 heteroatoms. The van der Waals surface area contributed by atoms with Gasteiger partial charge in [-0.15, -0.1) is 0 Å². The SMILES string of the molecule is c1ccc(-c2cc([Si](c3ccccc3)(c3ccccc3)c3ccccc3)cc(-c3ccccc3)c2-n2c3ccccc3c3c(-c4ccc5c(c4)c4ccccc4n5-c4ccccc4)cccc32)cc1. The topological polar surface area (TPSA) is 9.86 Å². The second kappa shape index (κ2) is 16.8. The number of aromatic nitrogens is 2. The predicted molar refractivity (Wildman–Crippen MR) is 295 cm³/mol. The van der Waals surface area contributed by atoms with Gasteiger partial charge in [-0.05, 0) is 85.5 Å². The van der Waals surface area contributed by atoms with E-state index in [1.165, 1.54) is 97.7 Å². The van der Waals surface area contributed by atoms with Gasteiger partial charge in [0.1, 0.15) is 0 Å². The van der Waals surface area contributed by atoms with Crippen LogP contribution < -0.4 is 20.7 Å². The zero-order chi connectivity index (χ0) is 45.7. The highest BCUT2D eigenvalue weighted by Crippen LogP contribution is 2.45. The summed E-state index contributed by atoms with van der Waals surface area (Å²) in [6.45, 7) is 0. The van der Waals surface area contributed by atoms with Crippen LogP contribution in [0.2, 0.25) is 0 Å². The number of benzene rings is 11. The summed E-state index contributed by atoms with van der Waals surface area (Å²) < 4.78 is 4.96. The summed E-state index contributed by atoms with van der Waals surface area (Å²) in [5, 5.41) is 10.3. The first kappa shape index (κ1) is 40.5. The predicted octanol–water partition coefficient (Wildman–Crippen LogP) is 14.3. The molecular weight excluding hydrogens is 849 g/mol. The Labute approximate surface area is 403 Å². The van der Waals surface area contributed by atoms with Crippen LogP contribution in [0.5, 0.6) is 0 Å². The third-order valence-electron chi connectivity index (χ3n) is 14.3. The lowest BCUT2D eigenvalue weighted by molar-refractivity contribution is 1.18. The third kappa shape index (κ3) is 6.54. The lowest BCUT2D eigenvalue weighted by atomic mass is 9.95. The molecule has 0 N–H and O–H groups in total. The van der Waals surface area contributed by atoms with Gasteiger partial charge in [0.2, 0.25) is 0 Å². The van der Waals surface area contributed by atoms with Crippen LogP contribution in [-0.4, -0.2) is 17.2 Å². The molecular formula is C66H46N2Si. The van der Waals surface area contributed by atoms with Gasteiger partial charge in [0.05, 0.1) is 27.8 Å². The summed E-state index contributed by atoms with van der Waals surface area (Å²) in [6, 6.07) is 104. The van der Waals surface area contributed by atoms with E-state index in [4.69, 9.17) is 0 Å². The first-order valence-corrected chi connectivity index (χ1v) is 25.8. The van der Waals surface area contributed by atoms with Crippen molar-refractivity contribution in [2.45, 2.75) is 0 Å². The van der Waals surface area contributed by atoms with Crippen molar-refractivity contribution in [3.8, 4) is 44.8 Å². The van der Waals surface area contributed by atoms with Gasteiger partial charge in [0.15, 0.2) is 8.07 Å². The van der Waals surface area contributed by atoms with Gasteiger partial charge >= 0.3 is 0 Å². The van der Waals surface area contributed by atoms with Crippen molar-refractivity contribution < 1.29 is 0 Å². The maximum Gasteiger partial charge on any atom is 0.179 e. The van der Waals surface area contributed by atoms with Crippen LogP contribution >= 0.6 is 0 Å². The summed E-state index contributed by atoms with van der Waals surface area (Å²) >= 11 is 0. The maximum atomic E-state index is 2.57. The van der Waals surface area contributed by atoms with Gasteiger partial charge in [0.25, 0.3) is 0 Å². The van der Waals surface area contributed by atoms with Crippen molar-refractivity contribution in [1.82, 2.24) is 9.13 Å². The van der Waals surface area contributed by atoms with E-state index in [0.29, 0.717) is 0 Å². The van der Waals surface area contributed by atoms with E-state index in [9.17, 15) is 0 Å². The largest absolute Gasteiger partial charge is 0.309 e. The molecule has 0 atom stereocenters. The molecule has 0 spiro atoms. The average molecular weight is 895 g/mol. The molecule has 0 radical (unpaired) electrons. The molecule has 0 aliphatic rings. The molecule has 0 saturated heterocycles. The van der Waals surface area contributed by atoms with Gasteiger partial charge in [0, 0.05) is 38.4 Å². The molecule has 0 bridgehead atoms. The van der Waals surface area contributed by atoms with E-state index in [-0.39, 0.29) is 0 Å². The van der Waals surface area contributed by atoms with Crippen molar-refractivity contribution >= 4 is 72.4 Å². The van der Waals surface area contributed by atoms with Gasteiger partial charge in [-0.3, -0.25) is 0 Å². The van der Waals surface area contributed by atoms with Crippen molar-refractivity contribution in [2.75, 3.05) is 0 Å². The van der Waals surface area contributed by atoms with Crippen LogP contribution in [0, 0.1) is 0 Å². The molecule has 2 aromatic heterocycles. The minimum atomic E-state index is -2.97. The monoisotopic (exact) mass is 894 g/mol. The zero-order valence-corrected chi connectivity index (χ0v) is 39.0. The Kier molecular flexibility index (Phi) is 9.88. The van der Waals surface area contributed by atoms with Crippen LogP contribution in [0.1, 0.15) is 0 Å². The van der Waals surface area contributed by atoms with E-state index in [1.54, 1.807) is 0 Å². The number of hydrogen-bond donors (Lipinski definition) is 0. The highest BCUT2D eigenvalue weighted by Gasteiger charge is 2.42. The normalized spacial score (nSPS) is 11.8. The average Bonchev–Trinajstić information content (AvgIpc) is 3.95. The molecule has 13 aromatic rings. The van der Waals surface area contributed by atoms with Crippen LogP contribution in [0.4, 0.5) is 0 Å². The number of hydrogen-bond acceptors (Lipinski definition) is 0. The maximum absolute atomic E-state index is 2.97. The smallest absolute Gasteiger partial charge is 0.179 e. The second-order valence-corrected chi connectivity index (χ2v) is 21.8. The fourth-order valence-electron chi connectivity index (χ4n) is 11.3. The number of para-hydroxylation sites is 3. The molecule has 69 heavy (non-hydrogen) atoms. The Morgan fingerprint density at radius 2 is 0.681 bits per heavy atom. The zero-order valence-electron chi connectivity index (χ0n) is 38.0. The first-order valence-electron chi connectivity index (χ1n) is 23.8. The lowest BCUT2D eigenvalue weighted by Gasteiger charge is -2.36.